The lowest BCUT2D eigenvalue weighted by Crippen LogP contribution is -2.39. The van der Waals surface area contributed by atoms with Gasteiger partial charge in [0.05, 0.1) is 22.2 Å². The predicted octanol–water partition coefficient (Wildman–Crippen LogP) is 3.96. The van der Waals surface area contributed by atoms with Gasteiger partial charge in [0.1, 0.15) is 0 Å². The lowest BCUT2D eigenvalue weighted by atomic mass is 9.91. The number of amides is 1. The standard InChI is InChI=1S/C19H17F3N4O2/c1-11-8-14(19(20,21)22)15-16(25-28-17(15)24-11)13-5-3-7-26(10-13)18(27)12-4-2-6-23-9-12/h2,4,6,8-9,13H,3,5,7,10H2,1H3/t13-/m1/s1. The van der Waals surface area contributed by atoms with E-state index in [1.807, 2.05) is 0 Å². The smallest absolute Gasteiger partial charge is 0.338 e. The van der Waals surface area contributed by atoms with Crippen LogP contribution >= 0.6 is 0 Å². The number of pyridine rings is 2. The number of likely N-dealkylation sites (tertiary alicyclic amines) is 1. The molecule has 9 heteroatoms. The van der Waals surface area contributed by atoms with Gasteiger partial charge >= 0.3 is 6.18 Å². The second kappa shape index (κ2) is 6.88. The Hall–Kier alpha value is -2.97. The van der Waals surface area contributed by atoms with E-state index in [9.17, 15) is 18.0 Å². The fourth-order valence-electron chi connectivity index (χ4n) is 3.66. The van der Waals surface area contributed by atoms with Crippen LogP contribution in [0.4, 0.5) is 13.2 Å². The zero-order valence-electron chi connectivity index (χ0n) is 15.0. The molecule has 4 heterocycles. The largest absolute Gasteiger partial charge is 0.417 e. The Labute approximate surface area is 158 Å². The fraction of sp³-hybridized carbons (Fsp3) is 0.368. The molecule has 0 radical (unpaired) electrons. The van der Waals surface area contributed by atoms with Crippen molar-refractivity contribution in [1.82, 2.24) is 20.0 Å². The number of piperidine rings is 1. The zero-order valence-corrected chi connectivity index (χ0v) is 15.0. The molecule has 146 valence electrons. The third-order valence-corrected chi connectivity index (χ3v) is 4.91. The van der Waals surface area contributed by atoms with Crippen molar-refractivity contribution in [3.63, 3.8) is 0 Å². The number of carbonyl (C=O) groups excluding carboxylic acids is 1. The van der Waals surface area contributed by atoms with E-state index in [4.69, 9.17) is 4.52 Å². The summed E-state index contributed by atoms with van der Waals surface area (Å²) < 4.78 is 45.9. The normalized spacial score (nSPS) is 17.9. The van der Waals surface area contributed by atoms with Gasteiger partial charge in [-0.25, -0.2) is 4.98 Å². The topological polar surface area (TPSA) is 72.1 Å². The van der Waals surface area contributed by atoms with E-state index in [0.717, 1.165) is 6.07 Å². The van der Waals surface area contributed by atoms with Crippen LogP contribution in [0.2, 0.25) is 0 Å². The van der Waals surface area contributed by atoms with Gasteiger partial charge in [-0.15, -0.1) is 0 Å². The van der Waals surface area contributed by atoms with Crippen molar-refractivity contribution >= 4 is 17.0 Å². The number of fused-ring (bicyclic) bond motifs is 1. The number of aryl methyl sites for hydroxylation is 1. The number of nitrogens with zero attached hydrogens (tertiary/aromatic N) is 4. The fourth-order valence-corrected chi connectivity index (χ4v) is 3.66. The van der Waals surface area contributed by atoms with Gasteiger partial charge < -0.3 is 9.42 Å². The summed E-state index contributed by atoms with van der Waals surface area (Å²) in [5.74, 6) is -0.558. The second-order valence-corrected chi connectivity index (χ2v) is 6.89. The van der Waals surface area contributed by atoms with Crippen molar-refractivity contribution in [1.29, 1.82) is 0 Å². The molecule has 4 rings (SSSR count). The van der Waals surface area contributed by atoms with Crippen LogP contribution < -0.4 is 0 Å². The van der Waals surface area contributed by atoms with Crippen molar-refractivity contribution in [2.75, 3.05) is 13.1 Å². The first-order valence-corrected chi connectivity index (χ1v) is 8.88. The van der Waals surface area contributed by atoms with E-state index in [2.05, 4.69) is 15.1 Å². The molecular weight excluding hydrogens is 373 g/mol. The molecule has 28 heavy (non-hydrogen) atoms. The number of aromatic nitrogens is 3. The lowest BCUT2D eigenvalue weighted by molar-refractivity contribution is -0.136. The molecule has 1 fully saturated rings. The number of alkyl halides is 3. The summed E-state index contributed by atoms with van der Waals surface area (Å²) in [6.45, 7) is 2.27. The van der Waals surface area contributed by atoms with Gasteiger partial charge in [-0.3, -0.25) is 9.78 Å². The highest BCUT2D eigenvalue weighted by Crippen LogP contribution is 2.40. The van der Waals surface area contributed by atoms with E-state index in [-0.39, 0.29) is 40.9 Å². The summed E-state index contributed by atoms with van der Waals surface area (Å²) in [4.78, 5) is 22.3. The molecule has 6 nitrogen and oxygen atoms in total. The maximum atomic E-state index is 13.6. The summed E-state index contributed by atoms with van der Waals surface area (Å²) in [5, 5.41) is 3.80. The van der Waals surface area contributed by atoms with E-state index in [0.29, 0.717) is 24.9 Å². The predicted molar refractivity (Wildman–Crippen MR) is 93.7 cm³/mol. The first kappa shape index (κ1) is 18.4. The number of carbonyl (C=O) groups is 1. The molecule has 1 amide bonds. The maximum absolute atomic E-state index is 13.6. The summed E-state index contributed by atoms with van der Waals surface area (Å²) in [5.41, 5.74) is -0.0699. The van der Waals surface area contributed by atoms with E-state index >= 15 is 0 Å². The highest BCUT2D eigenvalue weighted by atomic mass is 19.4. The summed E-state index contributed by atoms with van der Waals surface area (Å²) >= 11 is 0. The molecule has 3 aromatic rings. The second-order valence-electron chi connectivity index (χ2n) is 6.89. The first-order chi connectivity index (χ1) is 13.3. The van der Waals surface area contributed by atoms with Gasteiger partial charge in [-0.1, -0.05) is 5.16 Å². The van der Waals surface area contributed by atoms with Crippen LogP contribution in [0.25, 0.3) is 11.1 Å². The average molecular weight is 390 g/mol. The summed E-state index contributed by atoms with van der Waals surface area (Å²) in [6, 6.07) is 4.34. The Balaban J connectivity index is 1.69. The molecule has 0 aliphatic carbocycles. The van der Waals surface area contributed by atoms with Crippen molar-refractivity contribution in [2.45, 2.75) is 31.9 Å². The monoisotopic (exact) mass is 390 g/mol. The molecule has 0 N–H and O–H groups in total. The molecule has 0 bridgehead atoms. The van der Waals surface area contributed by atoms with Crippen LogP contribution in [0.1, 0.15) is 46.1 Å². The molecule has 3 aromatic heterocycles. The van der Waals surface area contributed by atoms with Gasteiger partial charge in [0.2, 0.25) is 0 Å². The molecule has 0 aromatic carbocycles. The number of rotatable bonds is 2. The van der Waals surface area contributed by atoms with E-state index in [1.54, 1.807) is 23.2 Å². The van der Waals surface area contributed by atoms with Crippen LogP contribution in [0.3, 0.4) is 0 Å². The van der Waals surface area contributed by atoms with Crippen LogP contribution in [0, 0.1) is 6.92 Å². The SMILES string of the molecule is Cc1cc(C(F)(F)F)c2c([C@@H]3CCCN(C(=O)c4cccnc4)C3)noc2n1. The number of hydrogen-bond acceptors (Lipinski definition) is 5. The molecule has 0 unspecified atom stereocenters. The Morgan fingerprint density at radius 3 is 2.89 bits per heavy atom. The summed E-state index contributed by atoms with van der Waals surface area (Å²) in [7, 11) is 0. The third-order valence-electron chi connectivity index (χ3n) is 4.91. The minimum absolute atomic E-state index is 0.112. The Morgan fingerprint density at radius 1 is 1.36 bits per heavy atom. The highest BCUT2D eigenvalue weighted by molar-refractivity contribution is 5.94. The zero-order chi connectivity index (χ0) is 19.9. The molecule has 1 saturated heterocycles. The van der Waals surface area contributed by atoms with Crippen molar-refractivity contribution < 1.29 is 22.5 Å². The van der Waals surface area contributed by atoms with Gasteiger partial charge in [0.25, 0.3) is 11.6 Å². The van der Waals surface area contributed by atoms with Crippen LogP contribution in [-0.4, -0.2) is 39.0 Å². The lowest BCUT2D eigenvalue weighted by Gasteiger charge is -2.32. The van der Waals surface area contributed by atoms with Crippen LogP contribution in [-0.2, 0) is 6.18 Å². The summed E-state index contributed by atoms with van der Waals surface area (Å²) in [6.07, 6.45) is -0.224. The molecule has 1 aliphatic heterocycles. The molecule has 0 spiro atoms. The number of halogens is 3. The maximum Gasteiger partial charge on any atom is 0.417 e. The molecule has 0 saturated carbocycles. The van der Waals surface area contributed by atoms with Crippen LogP contribution in [0.15, 0.2) is 35.1 Å². The van der Waals surface area contributed by atoms with E-state index in [1.165, 1.54) is 13.1 Å². The minimum Gasteiger partial charge on any atom is -0.338 e. The quantitative estimate of drug-likeness (QED) is 0.662. The highest BCUT2D eigenvalue weighted by Gasteiger charge is 2.38. The average Bonchev–Trinajstić information content (AvgIpc) is 3.10. The van der Waals surface area contributed by atoms with Gasteiger partial charge in [-0.2, -0.15) is 13.2 Å². The Bertz CT molecular complexity index is 1020. The van der Waals surface area contributed by atoms with Crippen molar-refractivity contribution in [3.05, 3.63) is 53.1 Å². The molecular formula is C19H17F3N4O2. The Morgan fingerprint density at radius 2 is 2.18 bits per heavy atom. The first-order valence-electron chi connectivity index (χ1n) is 8.88. The van der Waals surface area contributed by atoms with Crippen LogP contribution in [0.5, 0.6) is 0 Å². The third kappa shape index (κ3) is 3.32. The molecule has 1 aliphatic rings. The van der Waals surface area contributed by atoms with Gasteiger partial charge in [-0.05, 0) is 38.0 Å². The van der Waals surface area contributed by atoms with Crippen molar-refractivity contribution in [3.8, 4) is 0 Å². The van der Waals surface area contributed by atoms with Crippen molar-refractivity contribution in [2.24, 2.45) is 0 Å². The van der Waals surface area contributed by atoms with Gasteiger partial charge in [0, 0.05) is 37.1 Å². The van der Waals surface area contributed by atoms with E-state index < -0.39 is 11.7 Å². The van der Waals surface area contributed by atoms with Gasteiger partial charge in [0.15, 0.2) is 0 Å². The Kier molecular flexibility index (Phi) is 4.52. The minimum atomic E-state index is -4.55. The molecule has 1 atom stereocenters. The number of hydrogen-bond donors (Lipinski definition) is 0.